The van der Waals surface area contributed by atoms with E-state index in [9.17, 15) is 14.7 Å². The number of fused-ring (bicyclic) bond motifs is 1. The molecule has 3 rings (SSSR count). The summed E-state index contributed by atoms with van der Waals surface area (Å²) in [7, 11) is 4.02. The molecule has 2 amide bonds. The summed E-state index contributed by atoms with van der Waals surface area (Å²) >= 11 is 0. The lowest BCUT2D eigenvalue weighted by atomic mass is 10.0. The predicted octanol–water partition coefficient (Wildman–Crippen LogP) is 3.69. The molecular formula is C29H42N4O5. The van der Waals surface area contributed by atoms with Crippen molar-refractivity contribution in [1.82, 2.24) is 14.8 Å². The lowest BCUT2D eigenvalue weighted by molar-refractivity contribution is -0.0137. The molecule has 1 aliphatic rings. The highest BCUT2D eigenvalue weighted by Gasteiger charge is 2.30. The summed E-state index contributed by atoms with van der Waals surface area (Å²) in [5.74, 6) is -0.0735. The highest BCUT2D eigenvalue weighted by atomic mass is 16.5. The first kappa shape index (κ1) is 29.5. The summed E-state index contributed by atoms with van der Waals surface area (Å²) < 4.78 is 12.5. The molecule has 4 atom stereocenters. The Morgan fingerprint density at radius 3 is 2.63 bits per heavy atom. The number of aliphatic hydroxyl groups excluding tert-OH is 1. The number of ether oxygens (including phenoxy) is 2. The molecule has 9 nitrogen and oxygen atoms in total. The van der Waals surface area contributed by atoms with E-state index in [0.29, 0.717) is 35.7 Å². The van der Waals surface area contributed by atoms with Gasteiger partial charge in [0.25, 0.3) is 11.8 Å². The Hall–Kier alpha value is -3.01. The maximum atomic E-state index is 14.1. The van der Waals surface area contributed by atoms with Crippen LogP contribution in [0.4, 0.5) is 5.69 Å². The molecule has 9 heteroatoms. The molecule has 0 radical (unpaired) electrons. The molecular weight excluding hydrogens is 484 g/mol. The molecule has 38 heavy (non-hydrogen) atoms. The van der Waals surface area contributed by atoms with Gasteiger partial charge in [-0.3, -0.25) is 14.6 Å². The van der Waals surface area contributed by atoms with Crippen LogP contribution in [0.15, 0.2) is 42.7 Å². The second-order valence-electron chi connectivity index (χ2n) is 10.5. The second-order valence-corrected chi connectivity index (χ2v) is 10.5. The minimum Gasteiger partial charge on any atom is -0.490 e. The Morgan fingerprint density at radius 2 is 1.95 bits per heavy atom. The SMILES string of the molecule is C[C@H](CO)N1C[C@H](C)[C@@H](CN(C)C)OCCCC[C@H](C)Oc2ccc(NC(=O)c3ccncc3)cc2C1=O. The van der Waals surface area contributed by atoms with Crippen LogP contribution in [-0.4, -0.2) is 90.4 Å². The van der Waals surface area contributed by atoms with Crippen LogP contribution >= 0.6 is 0 Å². The molecule has 0 spiro atoms. The number of rotatable bonds is 6. The standard InChI is InChI=1S/C29H42N4O5/c1-20-17-33(21(2)19-34)29(36)25-16-24(31-28(35)23-11-13-30-14-12-23)9-10-26(25)38-22(3)8-6-7-15-37-27(20)18-32(4)5/h9-14,16,20-22,27,34H,6-8,15,17-19H2,1-5H3,(H,31,35)/t20-,21+,22-,27+/m0/s1. The second kappa shape index (κ2) is 14.2. The van der Waals surface area contributed by atoms with Crippen molar-refractivity contribution in [3.8, 4) is 5.75 Å². The van der Waals surface area contributed by atoms with E-state index in [1.54, 1.807) is 47.6 Å². The van der Waals surface area contributed by atoms with Crippen LogP contribution in [0, 0.1) is 5.92 Å². The van der Waals surface area contributed by atoms with E-state index < -0.39 is 6.04 Å². The van der Waals surface area contributed by atoms with Crippen LogP contribution in [0.25, 0.3) is 0 Å². The molecule has 0 bridgehead atoms. The molecule has 1 aromatic heterocycles. The number of aromatic nitrogens is 1. The van der Waals surface area contributed by atoms with Crippen LogP contribution < -0.4 is 10.1 Å². The summed E-state index contributed by atoms with van der Waals surface area (Å²) in [5.41, 5.74) is 1.29. The third kappa shape index (κ3) is 8.24. The van der Waals surface area contributed by atoms with E-state index in [4.69, 9.17) is 9.47 Å². The van der Waals surface area contributed by atoms with Crippen molar-refractivity contribution < 1.29 is 24.2 Å². The maximum Gasteiger partial charge on any atom is 0.258 e. The van der Waals surface area contributed by atoms with Crippen LogP contribution in [-0.2, 0) is 4.74 Å². The largest absolute Gasteiger partial charge is 0.490 e. The first-order chi connectivity index (χ1) is 18.2. The number of carbonyl (C=O) groups excluding carboxylic acids is 2. The first-order valence-corrected chi connectivity index (χ1v) is 13.4. The molecule has 0 unspecified atom stereocenters. The molecule has 0 aliphatic carbocycles. The number of hydrogen-bond donors (Lipinski definition) is 2. The minimum absolute atomic E-state index is 0.0242. The smallest absolute Gasteiger partial charge is 0.258 e. The van der Waals surface area contributed by atoms with E-state index in [1.807, 2.05) is 27.9 Å². The molecule has 2 aromatic rings. The van der Waals surface area contributed by atoms with Gasteiger partial charge in [0.15, 0.2) is 0 Å². The molecule has 2 heterocycles. The number of nitrogens with zero attached hydrogens (tertiary/aromatic N) is 3. The summed E-state index contributed by atoms with van der Waals surface area (Å²) in [4.78, 5) is 34.6. The van der Waals surface area contributed by atoms with Gasteiger partial charge in [0, 0.05) is 49.3 Å². The highest BCUT2D eigenvalue weighted by Crippen LogP contribution is 2.28. The quantitative estimate of drug-likeness (QED) is 0.592. The third-order valence-electron chi connectivity index (χ3n) is 6.80. The summed E-state index contributed by atoms with van der Waals surface area (Å²) in [6.45, 7) is 7.51. The van der Waals surface area contributed by atoms with E-state index in [1.165, 1.54) is 0 Å². The van der Waals surface area contributed by atoms with Crippen molar-refractivity contribution in [3.63, 3.8) is 0 Å². The number of hydrogen-bond acceptors (Lipinski definition) is 7. The number of likely N-dealkylation sites (N-methyl/N-ethyl adjacent to an activating group) is 1. The van der Waals surface area contributed by atoms with Crippen LogP contribution in [0.3, 0.4) is 0 Å². The molecule has 1 aliphatic heterocycles. The van der Waals surface area contributed by atoms with Gasteiger partial charge in [0.2, 0.25) is 0 Å². The number of anilines is 1. The summed E-state index contributed by atoms with van der Waals surface area (Å²) in [6, 6.07) is 7.97. The van der Waals surface area contributed by atoms with E-state index in [-0.39, 0.29) is 36.5 Å². The fourth-order valence-electron chi connectivity index (χ4n) is 4.53. The number of benzene rings is 1. The monoisotopic (exact) mass is 526 g/mol. The third-order valence-corrected chi connectivity index (χ3v) is 6.80. The average molecular weight is 527 g/mol. The van der Waals surface area contributed by atoms with Crippen molar-refractivity contribution in [1.29, 1.82) is 0 Å². The van der Waals surface area contributed by atoms with Crippen LogP contribution in [0.1, 0.15) is 60.7 Å². The van der Waals surface area contributed by atoms with Crippen molar-refractivity contribution in [3.05, 3.63) is 53.9 Å². The van der Waals surface area contributed by atoms with E-state index >= 15 is 0 Å². The van der Waals surface area contributed by atoms with Crippen LogP contribution in [0.5, 0.6) is 5.75 Å². The van der Waals surface area contributed by atoms with Gasteiger partial charge in [0.05, 0.1) is 30.4 Å². The Kier molecular flexibility index (Phi) is 11.1. The van der Waals surface area contributed by atoms with Gasteiger partial charge in [-0.15, -0.1) is 0 Å². The van der Waals surface area contributed by atoms with Gasteiger partial charge in [0.1, 0.15) is 5.75 Å². The van der Waals surface area contributed by atoms with Gasteiger partial charge >= 0.3 is 0 Å². The Bertz CT molecular complexity index is 1050. The minimum atomic E-state index is -0.418. The lowest BCUT2D eigenvalue weighted by Gasteiger charge is -2.35. The van der Waals surface area contributed by atoms with Crippen molar-refractivity contribution in [2.75, 3.05) is 45.7 Å². The van der Waals surface area contributed by atoms with Gasteiger partial charge in [-0.1, -0.05) is 6.92 Å². The topological polar surface area (TPSA) is 104 Å². The normalized spacial score (nSPS) is 22.2. The molecule has 1 aromatic carbocycles. The molecule has 0 fully saturated rings. The van der Waals surface area contributed by atoms with Gasteiger partial charge in [-0.05, 0) is 77.5 Å². The van der Waals surface area contributed by atoms with Crippen molar-refractivity contribution in [2.45, 2.75) is 58.3 Å². The van der Waals surface area contributed by atoms with E-state index in [0.717, 1.165) is 25.8 Å². The maximum absolute atomic E-state index is 14.1. The zero-order valence-corrected chi connectivity index (χ0v) is 23.2. The summed E-state index contributed by atoms with van der Waals surface area (Å²) in [5, 5.41) is 12.9. The van der Waals surface area contributed by atoms with E-state index in [2.05, 4.69) is 22.1 Å². The van der Waals surface area contributed by atoms with Gasteiger partial charge < -0.3 is 29.7 Å². The van der Waals surface area contributed by atoms with Crippen LogP contribution in [0.2, 0.25) is 0 Å². The zero-order chi connectivity index (χ0) is 27.7. The van der Waals surface area contributed by atoms with Gasteiger partial charge in [-0.25, -0.2) is 0 Å². The fourth-order valence-corrected chi connectivity index (χ4v) is 4.53. The summed E-state index contributed by atoms with van der Waals surface area (Å²) in [6.07, 6.45) is 5.63. The number of aliphatic hydroxyl groups is 1. The molecule has 0 saturated carbocycles. The predicted molar refractivity (Wildman–Crippen MR) is 148 cm³/mol. The number of nitrogens with one attached hydrogen (secondary N) is 1. The first-order valence-electron chi connectivity index (χ1n) is 13.4. The molecule has 2 N–H and O–H groups in total. The molecule has 208 valence electrons. The average Bonchev–Trinajstić information content (AvgIpc) is 2.90. The molecule has 0 saturated heterocycles. The van der Waals surface area contributed by atoms with Crippen molar-refractivity contribution in [2.24, 2.45) is 5.92 Å². The highest BCUT2D eigenvalue weighted by molar-refractivity contribution is 6.05. The Labute approximate surface area is 226 Å². The number of amides is 2. The number of pyridine rings is 1. The number of carbonyl (C=O) groups is 2. The Balaban J connectivity index is 1.98. The van der Waals surface area contributed by atoms with Crippen molar-refractivity contribution >= 4 is 17.5 Å². The lowest BCUT2D eigenvalue weighted by Crippen LogP contribution is -2.47. The Morgan fingerprint density at radius 1 is 1.21 bits per heavy atom. The fraction of sp³-hybridized carbons (Fsp3) is 0.552. The zero-order valence-electron chi connectivity index (χ0n) is 23.2. The van der Waals surface area contributed by atoms with Gasteiger partial charge in [-0.2, -0.15) is 0 Å².